The topological polar surface area (TPSA) is 69.8 Å². The summed E-state index contributed by atoms with van der Waals surface area (Å²) in [6.45, 7) is 4.58. The molecule has 2 rings (SSSR count). The van der Waals surface area contributed by atoms with Crippen LogP contribution < -0.4 is 5.73 Å². The smallest absolute Gasteiger partial charge is 0.323 e. The molecule has 1 aliphatic heterocycles. The quantitative estimate of drug-likeness (QED) is 0.670. The molecule has 0 aromatic rings. The second-order valence-electron chi connectivity index (χ2n) is 6.95. The summed E-state index contributed by atoms with van der Waals surface area (Å²) in [5, 5.41) is 8.55. The molecule has 0 spiro atoms. The number of rotatable bonds is 8. The highest BCUT2D eigenvalue weighted by molar-refractivity contribution is 5.78. The van der Waals surface area contributed by atoms with Gasteiger partial charge in [0.15, 0.2) is 0 Å². The highest BCUT2D eigenvalue weighted by Crippen LogP contribution is 2.26. The zero-order chi connectivity index (χ0) is 17.1. The van der Waals surface area contributed by atoms with E-state index in [1.54, 1.807) is 0 Å². The first-order valence-corrected chi connectivity index (χ1v) is 9.13. The lowest BCUT2D eigenvalue weighted by molar-refractivity contribution is -0.143. The van der Waals surface area contributed by atoms with E-state index < -0.39 is 11.5 Å². The van der Waals surface area contributed by atoms with Crippen molar-refractivity contribution in [1.82, 2.24) is 9.80 Å². The van der Waals surface area contributed by atoms with Crippen LogP contribution in [0.4, 0.5) is 0 Å². The van der Waals surface area contributed by atoms with E-state index in [0.29, 0.717) is 12.8 Å². The van der Waals surface area contributed by atoms with Crippen molar-refractivity contribution in [2.75, 3.05) is 20.3 Å². The Hall–Kier alpha value is -1.23. The fraction of sp³-hybridized carbons (Fsp3) is 0.833. The second-order valence-corrected chi connectivity index (χ2v) is 6.95. The summed E-state index contributed by atoms with van der Waals surface area (Å²) in [4.78, 5) is 15.0. The van der Waals surface area contributed by atoms with Gasteiger partial charge in [-0.05, 0) is 19.3 Å². The van der Waals surface area contributed by atoms with Crippen molar-refractivity contribution in [3.63, 3.8) is 0 Å². The van der Waals surface area contributed by atoms with E-state index in [-0.39, 0.29) is 0 Å². The summed E-state index contributed by atoms with van der Waals surface area (Å²) in [6.07, 6.45) is 15.9. The lowest BCUT2D eigenvalue weighted by Crippen LogP contribution is -2.44. The zero-order valence-corrected chi connectivity index (χ0v) is 15.0. The molecule has 0 aromatic heterocycles. The van der Waals surface area contributed by atoms with Crippen LogP contribution in [0.15, 0.2) is 12.4 Å². The lowest BCUT2D eigenvalue weighted by Gasteiger charge is -2.17. The molecule has 1 aliphatic carbocycles. The molecular weight excluding hydrogens is 290 g/mol. The van der Waals surface area contributed by atoms with E-state index in [4.69, 9.17) is 10.8 Å². The second kappa shape index (κ2) is 10.5. The third kappa shape index (κ3) is 7.73. The van der Waals surface area contributed by atoms with Gasteiger partial charge in [0, 0.05) is 26.0 Å². The Labute approximate surface area is 141 Å². The average Bonchev–Trinajstić information content (AvgIpc) is 3.13. The molecule has 134 valence electrons. The van der Waals surface area contributed by atoms with Crippen LogP contribution in [-0.4, -0.2) is 46.7 Å². The Balaban J connectivity index is 0.000000253. The predicted molar refractivity (Wildman–Crippen MR) is 94.9 cm³/mol. The van der Waals surface area contributed by atoms with Crippen molar-refractivity contribution in [1.29, 1.82) is 0 Å². The number of aliphatic carboxylic acids is 1. The molecule has 0 bridgehead atoms. The summed E-state index contributed by atoms with van der Waals surface area (Å²) in [5.74, 6) is -0.847. The van der Waals surface area contributed by atoms with E-state index in [1.807, 2.05) is 0 Å². The number of carboxylic acids is 1. The van der Waals surface area contributed by atoms with E-state index in [1.165, 1.54) is 45.1 Å². The van der Waals surface area contributed by atoms with E-state index in [9.17, 15) is 4.79 Å². The zero-order valence-electron chi connectivity index (χ0n) is 15.0. The Kier molecular flexibility index (Phi) is 9.07. The number of unbranched alkanes of at least 4 members (excludes halogenated alkanes) is 5. The highest BCUT2D eigenvalue weighted by atomic mass is 16.4. The first-order chi connectivity index (χ1) is 11.0. The number of hydrogen-bond acceptors (Lipinski definition) is 4. The van der Waals surface area contributed by atoms with E-state index in [2.05, 4.69) is 36.2 Å². The van der Waals surface area contributed by atoms with Crippen LogP contribution >= 0.6 is 0 Å². The summed E-state index contributed by atoms with van der Waals surface area (Å²) in [5.41, 5.74) is 4.61. The molecule has 23 heavy (non-hydrogen) atoms. The van der Waals surface area contributed by atoms with Gasteiger partial charge in [-0.15, -0.1) is 0 Å². The number of nitrogens with zero attached hydrogens (tertiary/aromatic N) is 2. The maximum Gasteiger partial charge on any atom is 0.323 e. The normalized spacial score (nSPS) is 18.9. The van der Waals surface area contributed by atoms with Crippen LogP contribution in [0.5, 0.6) is 0 Å². The average molecular weight is 325 g/mol. The summed E-state index contributed by atoms with van der Waals surface area (Å²) in [7, 11) is 2.12. The Bertz CT molecular complexity index is 365. The van der Waals surface area contributed by atoms with Crippen molar-refractivity contribution in [3.05, 3.63) is 12.4 Å². The van der Waals surface area contributed by atoms with Crippen LogP contribution in [0.3, 0.4) is 0 Å². The van der Waals surface area contributed by atoms with Crippen molar-refractivity contribution < 1.29 is 9.90 Å². The van der Waals surface area contributed by atoms with Crippen molar-refractivity contribution >= 4 is 5.97 Å². The SMILES string of the molecule is CCCCCCCCN1C=CN(C)C1.NC1(C(=O)O)CCCC1. The van der Waals surface area contributed by atoms with E-state index >= 15 is 0 Å². The number of carbonyl (C=O) groups is 1. The minimum Gasteiger partial charge on any atom is -0.480 e. The molecule has 0 saturated heterocycles. The highest BCUT2D eigenvalue weighted by Gasteiger charge is 2.36. The maximum atomic E-state index is 10.4. The molecule has 0 radical (unpaired) electrons. The van der Waals surface area contributed by atoms with Crippen molar-refractivity contribution in [2.24, 2.45) is 5.73 Å². The molecule has 0 amide bonds. The predicted octanol–water partition coefficient (Wildman–Crippen LogP) is 3.37. The molecule has 5 heteroatoms. The third-order valence-corrected chi connectivity index (χ3v) is 4.66. The summed E-state index contributed by atoms with van der Waals surface area (Å²) >= 11 is 0. The molecule has 1 saturated carbocycles. The van der Waals surface area contributed by atoms with Gasteiger partial charge in [-0.25, -0.2) is 0 Å². The van der Waals surface area contributed by atoms with Gasteiger partial charge in [-0.2, -0.15) is 0 Å². The van der Waals surface area contributed by atoms with Crippen molar-refractivity contribution in [2.45, 2.75) is 76.7 Å². The Morgan fingerprint density at radius 2 is 1.74 bits per heavy atom. The van der Waals surface area contributed by atoms with Gasteiger partial charge >= 0.3 is 5.97 Å². The summed E-state index contributed by atoms with van der Waals surface area (Å²) in [6, 6.07) is 0. The number of nitrogens with two attached hydrogens (primary N) is 1. The Morgan fingerprint density at radius 3 is 2.22 bits per heavy atom. The molecule has 1 fully saturated rings. The van der Waals surface area contributed by atoms with Gasteiger partial charge in [0.05, 0.1) is 6.67 Å². The summed E-state index contributed by atoms with van der Waals surface area (Å²) < 4.78 is 0. The Morgan fingerprint density at radius 1 is 1.13 bits per heavy atom. The van der Waals surface area contributed by atoms with Crippen LogP contribution in [-0.2, 0) is 4.79 Å². The van der Waals surface area contributed by atoms with Gasteiger partial charge in [0.2, 0.25) is 0 Å². The molecule has 1 heterocycles. The first-order valence-electron chi connectivity index (χ1n) is 9.13. The monoisotopic (exact) mass is 325 g/mol. The molecule has 3 N–H and O–H groups in total. The maximum absolute atomic E-state index is 10.4. The molecule has 0 unspecified atom stereocenters. The van der Waals surface area contributed by atoms with Crippen molar-refractivity contribution in [3.8, 4) is 0 Å². The number of carboxylic acid groups (broad SMARTS) is 1. The van der Waals surface area contributed by atoms with E-state index in [0.717, 1.165) is 19.5 Å². The van der Waals surface area contributed by atoms with Gasteiger partial charge in [0.25, 0.3) is 0 Å². The largest absolute Gasteiger partial charge is 0.480 e. The fourth-order valence-corrected chi connectivity index (χ4v) is 3.05. The minimum atomic E-state index is -0.889. The van der Waals surface area contributed by atoms with Gasteiger partial charge < -0.3 is 20.6 Å². The van der Waals surface area contributed by atoms with Crippen LogP contribution in [0.1, 0.15) is 71.1 Å². The number of hydrogen-bond donors (Lipinski definition) is 2. The third-order valence-electron chi connectivity index (χ3n) is 4.66. The van der Waals surface area contributed by atoms with Gasteiger partial charge in [-0.3, -0.25) is 4.79 Å². The van der Waals surface area contributed by atoms with Crippen LogP contribution in [0, 0.1) is 0 Å². The van der Waals surface area contributed by atoms with Gasteiger partial charge in [-0.1, -0.05) is 51.9 Å². The van der Waals surface area contributed by atoms with Crippen LogP contribution in [0.25, 0.3) is 0 Å². The molecule has 2 aliphatic rings. The van der Waals surface area contributed by atoms with Crippen LogP contribution in [0.2, 0.25) is 0 Å². The lowest BCUT2D eigenvalue weighted by atomic mass is 10.0. The minimum absolute atomic E-state index is 0.641. The first kappa shape index (κ1) is 19.8. The fourth-order valence-electron chi connectivity index (χ4n) is 3.05. The molecule has 0 atom stereocenters. The molecule has 5 nitrogen and oxygen atoms in total. The molecular formula is C18H35N3O2. The van der Waals surface area contributed by atoms with Gasteiger partial charge in [0.1, 0.15) is 5.54 Å². The standard InChI is InChI=1S/C12H24N2.C6H11NO2/c1-3-4-5-6-7-8-9-14-11-10-13(2)12-14;7-6(5(8)9)3-1-2-4-6/h10-11H,3-9,12H2,1-2H3;1-4,7H2,(H,8,9). The molecule has 0 aromatic carbocycles.